The van der Waals surface area contributed by atoms with Gasteiger partial charge in [0.05, 0.1) is 19.8 Å². The van der Waals surface area contributed by atoms with E-state index < -0.39 is 0 Å². The predicted octanol–water partition coefficient (Wildman–Crippen LogP) is 0.351. The van der Waals surface area contributed by atoms with E-state index in [1.54, 1.807) is 11.8 Å². The highest BCUT2D eigenvalue weighted by molar-refractivity contribution is 7.99. The standard InChI is InChI=1S/C10H19NO3S/c12-5-9-15-8-1-2-10(13)11-3-6-14-7-4-11/h12H,1-9H2. The van der Waals surface area contributed by atoms with Crippen LogP contribution in [0.15, 0.2) is 0 Å². The Hall–Kier alpha value is -0.260. The number of rotatable bonds is 6. The Balaban J connectivity index is 2.02. The maximum absolute atomic E-state index is 11.6. The lowest BCUT2D eigenvalue weighted by molar-refractivity contribution is -0.135. The fraction of sp³-hybridized carbons (Fsp3) is 0.900. The van der Waals surface area contributed by atoms with Crippen LogP contribution in [0.25, 0.3) is 0 Å². The molecule has 0 saturated carbocycles. The smallest absolute Gasteiger partial charge is 0.222 e. The van der Waals surface area contributed by atoms with E-state index in [9.17, 15) is 4.79 Å². The van der Waals surface area contributed by atoms with Crippen LogP contribution in [0.2, 0.25) is 0 Å². The second-order valence-corrected chi connectivity index (χ2v) is 4.66. The molecule has 1 aliphatic rings. The lowest BCUT2D eigenvalue weighted by atomic mass is 10.3. The number of carbonyl (C=O) groups excluding carboxylic acids is 1. The van der Waals surface area contributed by atoms with Crippen LogP contribution in [0.5, 0.6) is 0 Å². The first-order valence-corrected chi connectivity index (χ1v) is 6.54. The molecule has 0 spiro atoms. The Morgan fingerprint density at radius 3 is 2.73 bits per heavy atom. The van der Waals surface area contributed by atoms with Gasteiger partial charge in [-0.05, 0) is 12.2 Å². The first-order chi connectivity index (χ1) is 7.34. The van der Waals surface area contributed by atoms with Crippen molar-refractivity contribution in [1.29, 1.82) is 0 Å². The first-order valence-electron chi connectivity index (χ1n) is 5.38. The van der Waals surface area contributed by atoms with Gasteiger partial charge in [0.15, 0.2) is 0 Å². The van der Waals surface area contributed by atoms with Gasteiger partial charge in [-0.25, -0.2) is 0 Å². The molecule has 4 nitrogen and oxygen atoms in total. The van der Waals surface area contributed by atoms with Crippen molar-refractivity contribution in [2.75, 3.05) is 44.4 Å². The van der Waals surface area contributed by atoms with Crippen LogP contribution in [0.4, 0.5) is 0 Å². The quantitative estimate of drug-likeness (QED) is 0.673. The molecule has 0 aromatic rings. The second-order valence-electron chi connectivity index (χ2n) is 3.43. The molecule has 1 amide bonds. The Morgan fingerprint density at radius 2 is 2.07 bits per heavy atom. The van der Waals surface area contributed by atoms with E-state index in [2.05, 4.69) is 0 Å². The van der Waals surface area contributed by atoms with Gasteiger partial charge < -0.3 is 14.7 Å². The molecule has 0 aromatic carbocycles. The Labute approximate surface area is 95.0 Å². The minimum atomic E-state index is 0.224. The minimum Gasteiger partial charge on any atom is -0.396 e. The summed E-state index contributed by atoms with van der Waals surface area (Å²) in [5, 5.41) is 8.57. The third kappa shape index (κ3) is 5.39. The van der Waals surface area contributed by atoms with Crippen LogP contribution in [0.1, 0.15) is 12.8 Å². The van der Waals surface area contributed by atoms with Gasteiger partial charge in [0.25, 0.3) is 0 Å². The summed E-state index contributed by atoms with van der Waals surface area (Å²) in [6.45, 7) is 3.04. The van der Waals surface area contributed by atoms with Crippen molar-refractivity contribution in [1.82, 2.24) is 4.90 Å². The first kappa shape index (κ1) is 12.8. The lowest BCUT2D eigenvalue weighted by Crippen LogP contribution is -2.40. The highest BCUT2D eigenvalue weighted by atomic mass is 32.2. The van der Waals surface area contributed by atoms with Crippen LogP contribution >= 0.6 is 11.8 Å². The number of ether oxygens (including phenoxy) is 1. The zero-order valence-electron chi connectivity index (χ0n) is 8.98. The average molecular weight is 233 g/mol. The van der Waals surface area contributed by atoms with Crippen molar-refractivity contribution >= 4 is 17.7 Å². The van der Waals surface area contributed by atoms with Gasteiger partial charge in [0.2, 0.25) is 5.91 Å². The maximum atomic E-state index is 11.6. The Morgan fingerprint density at radius 1 is 1.33 bits per heavy atom. The number of nitrogens with zero attached hydrogens (tertiary/aromatic N) is 1. The van der Waals surface area contributed by atoms with Gasteiger partial charge in [-0.1, -0.05) is 0 Å². The maximum Gasteiger partial charge on any atom is 0.222 e. The summed E-state index contributed by atoms with van der Waals surface area (Å²) in [4.78, 5) is 13.5. The molecular formula is C10H19NO3S. The number of amides is 1. The molecule has 5 heteroatoms. The van der Waals surface area contributed by atoms with Crippen LogP contribution in [-0.2, 0) is 9.53 Å². The number of hydrogen-bond donors (Lipinski definition) is 1. The SMILES string of the molecule is O=C(CCCSCCO)N1CCOCC1. The van der Waals surface area contributed by atoms with Crippen molar-refractivity contribution in [3.8, 4) is 0 Å². The predicted molar refractivity (Wildman–Crippen MR) is 61.0 cm³/mol. The van der Waals surface area contributed by atoms with E-state index in [1.807, 2.05) is 4.90 Å². The van der Waals surface area contributed by atoms with Gasteiger partial charge in [0, 0.05) is 25.3 Å². The van der Waals surface area contributed by atoms with E-state index >= 15 is 0 Å². The van der Waals surface area contributed by atoms with Crippen LogP contribution < -0.4 is 0 Å². The number of thioether (sulfide) groups is 1. The van der Waals surface area contributed by atoms with Gasteiger partial charge >= 0.3 is 0 Å². The molecule has 0 unspecified atom stereocenters. The van der Waals surface area contributed by atoms with Crippen molar-refractivity contribution in [2.45, 2.75) is 12.8 Å². The molecule has 1 heterocycles. The number of morpholine rings is 1. The van der Waals surface area contributed by atoms with Gasteiger partial charge in [-0.15, -0.1) is 0 Å². The van der Waals surface area contributed by atoms with E-state index in [4.69, 9.17) is 9.84 Å². The normalized spacial score (nSPS) is 16.7. The highest BCUT2D eigenvalue weighted by Gasteiger charge is 2.15. The summed E-state index contributed by atoms with van der Waals surface area (Å²) in [6, 6.07) is 0. The number of aliphatic hydroxyl groups is 1. The van der Waals surface area contributed by atoms with Crippen molar-refractivity contribution in [3.05, 3.63) is 0 Å². The number of hydrogen-bond acceptors (Lipinski definition) is 4. The van der Waals surface area contributed by atoms with Crippen LogP contribution in [0, 0.1) is 0 Å². The summed E-state index contributed by atoms with van der Waals surface area (Å²) in [5.41, 5.74) is 0. The van der Waals surface area contributed by atoms with E-state index in [0.717, 1.165) is 31.0 Å². The molecule has 1 aliphatic heterocycles. The third-order valence-corrected chi connectivity index (χ3v) is 3.33. The van der Waals surface area contributed by atoms with Crippen LogP contribution in [0.3, 0.4) is 0 Å². The van der Waals surface area contributed by atoms with Gasteiger partial charge in [-0.2, -0.15) is 11.8 Å². The molecule has 1 N–H and O–H groups in total. The van der Waals surface area contributed by atoms with E-state index in [-0.39, 0.29) is 12.5 Å². The number of aliphatic hydroxyl groups excluding tert-OH is 1. The lowest BCUT2D eigenvalue weighted by Gasteiger charge is -2.26. The second kappa shape index (κ2) is 7.96. The molecule has 0 aromatic heterocycles. The monoisotopic (exact) mass is 233 g/mol. The zero-order valence-corrected chi connectivity index (χ0v) is 9.80. The van der Waals surface area contributed by atoms with Crippen LogP contribution in [-0.4, -0.2) is 60.3 Å². The zero-order chi connectivity index (χ0) is 10.9. The fourth-order valence-corrected chi connectivity index (χ4v) is 2.14. The third-order valence-electron chi connectivity index (χ3n) is 2.28. The molecule has 15 heavy (non-hydrogen) atoms. The molecule has 1 fully saturated rings. The Kier molecular flexibility index (Phi) is 6.80. The molecule has 0 atom stereocenters. The molecule has 0 radical (unpaired) electrons. The largest absolute Gasteiger partial charge is 0.396 e. The molecular weight excluding hydrogens is 214 g/mol. The Bertz CT molecular complexity index is 184. The highest BCUT2D eigenvalue weighted by Crippen LogP contribution is 2.07. The van der Waals surface area contributed by atoms with E-state index in [1.165, 1.54) is 0 Å². The average Bonchev–Trinajstić information content (AvgIpc) is 2.30. The topological polar surface area (TPSA) is 49.8 Å². The van der Waals surface area contributed by atoms with Gasteiger partial charge in [-0.3, -0.25) is 4.79 Å². The minimum absolute atomic E-state index is 0.224. The molecule has 1 rings (SSSR count). The summed E-state index contributed by atoms with van der Waals surface area (Å²) in [5.74, 6) is 1.96. The molecule has 88 valence electrons. The molecule has 0 bridgehead atoms. The molecule has 0 aliphatic carbocycles. The summed E-state index contributed by atoms with van der Waals surface area (Å²) < 4.78 is 5.18. The van der Waals surface area contributed by atoms with Gasteiger partial charge in [0.1, 0.15) is 0 Å². The summed E-state index contributed by atoms with van der Waals surface area (Å²) >= 11 is 1.70. The summed E-state index contributed by atoms with van der Waals surface area (Å²) in [6.07, 6.45) is 1.53. The molecule has 1 saturated heterocycles. The fourth-order valence-electron chi connectivity index (χ4n) is 1.46. The van der Waals surface area contributed by atoms with Crippen molar-refractivity contribution < 1.29 is 14.6 Å². The van der Waals surface area contributed by atoms with Crippen molar-refractivity contribution in [2.24, 2.45) is 0 Å². The van der Waals surface area contributed by atoms with Crippen molar-refractivity contribution in [3.63, 3.8) is 0 Å². The summed E-state index contributed by atoms with van der Waals surface area (Å²) in [7, 11) is 0. The number of carbonyl (C=O) groups is 1. The van der Waals surface area contributed by atoms with E-state index in [0.29, 0.717) is 19.6 Å².